The van der Waals surface area contributed by atoms with Crippen LogP contribution < -0.4 is 10.1 Å². The Morgan fingerprint density at radius 3 is 2.31 bits per heavy atom. The number of rotatable bonds is 9. The first-order valence-electron chi connectivity index (χ1n) is 11.0. The summed E-state index contributed by atoms with van der Waals surface area (Å²) in [5, 5.41) is 2.86. The number of nitrogens with one attached hydrogen (secondary N) is 1. The van der Waals surface area contributed by atoms with E-state index in [2.05, 4.69) is 10.1 Å². The van der Waals surface area contributed by atoms with Gasteiger partial charge in [0.25, 0.3) is 0 Å². The maximum absolute atomic E-state index is 12.9. The lowest BCUT2D eigenvalue weighted by molar-refractivity contribution is -0.274. The first kappa shape index (κ1) is 26.4. The Morgan fingerprint density at radius 2 is 1.69 bits per heavy atom. The van der Waals surface area contributed by atoms with Gasteiger partial charge in [-0.2, -0.15) is 0 Å². The average molecular weight is 505 g/mol. The van der Waals surface area contributed by atoms with Crippen molar-refractivity contribution in [3.63, 3.8) is 0 Å². The summed E-state index contributed by atoms with van der Waals surface area (Å²) in [7, 11) is 2.65. The van der Waals surface area contributed by atoms with E-state index in [9.17, 15) is 22.2 Å². The van der Waals surface area contributed by atoms with Gasteiger partial charge in [0.2, 0.25) is 5.91 Å². The van der Waals surface area contributed by atoms with Crippen LogP contribution in [-0.4, -0.2) is 41.2 Å². The van der Waals surface area contributed by atoms with Crippen molar-refractivity contribution in [2.24, 2.45) is 0 Å². The molecule has 1 N–H and O–H groups in total. The number of ether oxygens (including phenoxy) is 1. The van der Waals surface area contributed by atoms with Crippen molar-refractivity contribution < 1.29 is 26.9 Å². The number of benzene rings is 3. The Morgan fingerprint density at radius 1 is 1.00 bits per heavy atom. The van der Waals surface area contributed by atoms with Crippen molar-refractivity contribution in [3.05, 3.63) is 77.9 Å². The Bertz CT molecular complexity index is 1200. The standard InChI is InChI=1S/C26H27F3N2O3S/c1-4-35(33)21-12-9-18(10-13-21)15-25(32)30-20-11-14-22(19(16-20)17-31(2)3)23-7-5-6-8-24(23)34-26(27,28)29/h5-14,16H,4,15,17H2,1-3H3,(H,30,32). The third-order valence-corrected chi connectivity index (χ3v) is 6.41. The number of hydrogen-bond acceptors (Lipinski definition) is 4. The Kier molecular flexibility index (Phi) is 8.69. The van der Waals surface area contributed by atoms with E-state index in [-0.39, 0.29) is 18.1 Å². The molecule has 0 aliphatic carbocycles. The maximum atomic E-state index is 12.9. The molecule has 0 aromatic heterocycles. The van der Waals surface area contributed by atoms with Gasteiger partial charge in [0, 0.05) is 28.4 Å². The molecule has 186 valence electrons. The monoisotopic (exact) mass is 504 g/mol. The molecule has 0 spiro atoms. The highest BCUT2D eigenvalue weighted by Gasteiger charge is 2.32. The van der Waals surface area contributed by atoms with Crippen LogP contribution in [0.1, 0.15) is 18.1 Å². The van der Waals surface area contributed by atoms with Crippen molar-refractivity contribution in [3.8, 4) is 16.9 Å². The Labute approximate surface area is 205 Å². The van der Waals surface area contributed by atoms with E-state index in [0.717, 1.165) is 16.0 Å². The van der Waals surface area contributed by atoms with Crippen molar-refractivity contribution in [1.29, 1.82) is 0 Å². The van der Waals surface area contributed by atoms with Crippen LogP contribution in [0.3, 0.4) is 0 Å². The number of halogens is 3. The SMILES string of the molecule is CCS(=O)c1ccc(CC(=O)Nc2ccc(-c3ccccc3OC(F)(F)F)c(CN(C)C)c2)cc1. The molecule has 0 fully saturated rings. The summed E-state index contributed by atoms with van der Waals surface area (Å²) in [4.78, 5) is 15.2. The third kappa shape index (κ3) is 7.66. The number of nitrogens with zero attached hydrogens (tertiary/aromatic N) is 1. The smallest absolute Gasteiger partial charge is 0.405 e. The molecule has 3 rings (SSSR count). The van der Waals surface area contributed by atoms with Crippen LogP contribution in [-0.2, 0) is 28.6 Å². The molecule has 3 aromatic rings. The van der Waals surface area contributed by atoms with Gasteiger partial charge in [-0.05, 0) is 61.1 Å². The fourth-order valence-corrected chi connectivity index (χ4v) is 4.40. The van der Waals surface area contributed by atoms with Gasteiger partial charge in [0.1, 0.15) is 5.75 Å². The molecule has 35 heavy (non-hydrogen) atoms. The van der Waals surface area contributed by atoms with Crippen LogP contribution in [0, 0.1) is 0 Å². The third-order valence-electron chi connectivity index (χ3n) is 5.09. The van der Waals surface area contributed by atoms with E-state index in [0.29, 0.717) is 29.1 Å². The highest BCUT2D eigenvalue weighted by molar-refractivity contribution is 7.85. The zero-order valence-corrected chi connectivity index (χ0v) is 20.5. The summed E-state index contributed by atoms with van der Waals surface area (Å²) < 4.78 is 54.9. The molecule has 0 aliphatic rings. The first-order valence-corrected chi connectivity index (χ1v) is 12.3. The second-order valence-corrected chi connectivity index (χ2v) is 9.90. The molecule has 0 aliphatic heterocycles. The average Bonchev–Trinajstić information content (AvgIpc) is 2.78. The molecule has 9 heteroatoms. The van der Waals surface area contributed by atoms with E-state index in [4.69, 9.17) is 0 Å². The lowest BCUT2D eigenvalue weighted by Crippen LogP contribution is -2.18. The van der Waals surface area contributed by atoms with Gasteiger partial charge in [-0.25, -0.2) is 0 Å². The van der Waals surface area contributed by atoms with E-state index in [1.54, 1.807) is 54.6 Å². The molecule has 3 aromatic carbocycles. The molecule has 0 bridgehead atoms. The fourth-order valence-electron chi connectivity index (χ4n) is 3.62. The van der Waals surface area contributed by atoms with E-state index in [1.807, 2.05) is 25.9 Å². The number of alkyl halides is 3. The summed E-state index contributed by atoms with van der Waals surface area (Å²) in [6, 6.07) is 18.1. The molecule has 0 radical (unpaired) electrons. The molecule has 1 unspecified atom stereocenters. The largest absolute Gasteiger partial charge is 0.573 e. The molecule has 1 amide bonds. The molecular weight excluding hydrogens is 477 g/mol. The minimum atomic E-state index is -4.81. The predicted molar refractivity (Wildman–Crippen MR) is 132 cm³/mol. The maximum Gasteiger partial charge on any atom is 0.573 e. The lowest BCUT2D eigenvalue weighted by atomic mass is 9.97. The van der Waals surface area contributed by atoms with Gasteiger partial charge in [0.15, 0.2) is 0 Å². The number of amides is 1. The van der Waals surface area contributed by atoms with Crippen molar-refractivity contribution in [2.75, 3.05) is 25.2 Å². The van der Waals surface area contributed by atoms with Gasteiger partial charge in [-0.15, -0.1) is 13.2 Å². The fraction of sp³-hybridized carbons (Fsp3) is 0.269. The molecule has 5 nitrogen and oxygen atoms in total. The second kappa shape index (κ2) is 11.5. The highest BCUT2D eigenvalue weighted by Crippen LogP contribution is 2.36. The van der Waals surface area contributed by atoms with E-state index < -0.39 is 17.2 Å². The molecule has 0 saturated heterocycles. The summed E-state index contributed by atoms with van der Waals surface area (Å²) in [6.45, 7) is 2.28. The first-order chi connectivity index (χ1) is 16.6. The van der Waals surface area contributed by atoms with Gasteiger partial charge in [0.05, 0.1) is 17.2 Å². The van der Waals surface area contributed by atoms with Gasteiger partial charge in [-0.1, -0.05) is 43.3 Å². The summed E-state index contributed by atoms with van der Waals surface area (Å²) in [5.41, 5.74) is 2.94. The normalized spacial score (nSPS) is 12.4. The Balaban J connectivity index is 1.83. The lowest BCUT2D eigenvalue weighted by Gasteiger charge is -2.19. The van der Waals surface area contributed by atoms with Crippen LogP contribution >= 0.6 is 0 Å². The zero-order chi connectivity index (χ0) is 25.6. The minimum Gasteiger partial charge on any atom is -0.405 e. The zero-order valence-electron chi connectivity index (χ0n) is 19.7. The summed E-state index contributed by atoms with van der Waals surface area (Å²) >= 11 is 0. The Hall–Kier alpha value is -3.17. The van der Waals surface area contributed by atoms with Crippen LogP contribution in [0.5, 0.6) is 5.75 Å². The number of para-hydroxylation sites is 1. The quantitative estimate of drug-likeness (QED) is 0.411. The molecule has 0 saturated carbocycles. The topological polar surface area (TPSA) is 58.6 Å². The second-order valence-electron chi connectivity index (χ2n) is 8.16. The predicted octanol–water partition coefficient (Wildman–Crippen LogP) is 5.62. The summed E-state index contributed by atoms with van der Waals surface area (Å²) in [5.74, 6) is 0.000676. The van der Waals surface area contributed by atoms with Gasteiger partial charge >= 0.3 is 6.36 Å². The van der Waals surface area contributed by atoms with Crippen molar-refractivity contribution in [2.45, 2.75) is 31.1 Å². The number of anilines is 1. The molecular formula is C26H27F3N2O3S. The van der Waals surface area contributed by atoms with Crippen LogP contribution in [0.25, 0.3) is 11.1 Å². The van der Waals surface area contributed by atoms with Crippen LogP contribution in [0.15, 0.2) is 71.6 Å². The number of carbonyl (C=O) groups excluding carboxylic acids is 1. The summed E-state index contributed by atoms with van der Waals surface area (Å²) in [6.07, 6.45) is -4.68. The number of carbonyl (C=O) groups is 1. The minimum absolute atomic E-state index is 0.131. The van der Waals surface area contributed by atoms with E-state index in [1.165, 1.54) is 12.1 Å². The molecule has 1 atom stereocenters. The van der Waals surface area contributed by atoms with Crippen molar-refractivity contribution in [1.82, 2.24) is 4.90 Å². The number of hydrogen-bond donors (Lipinski definition) is 1. The van der Waals surface area contributed by atoms with Crippen LogP contribution in [0.4, 0.5) is 18.9 Å². The van der Waals surface area contributed by atoms with Crippen molar-refractivity contribution >= 4 is 22.4 Å². The van der Waals surface area contributed by atoms with Crippen LogP contribution in [0.2, 0.25) is 0 Å². The van der Waals surface area contributed by atoms with Gasteiger partial charge < -0.3 is 15.0 Å². The highest BCUT2D eigenvalue weighted by atomic mass is 32.2. The molecule has 0 heterocycles. The van der Waals surface area contributed by atoms with E-state index >= 15 is 0 Å². The van der Waals surface area contributed by atoms with Gasteiger partial charge in [-0.3, -0.25) is 9.00 Å².